The number of aliphatic hydroxyl groups excluding tert-OH is 1. The predicted molar refractivity (Wildman–Crippen MR) is 62.1 cm³/mol. The molecule has 2 nitrogen and oxygen atoms in total. The van der Waals surface area contributed by atoms with Crippen LogP contribution in [-0.2, 0) is 0 Å². The van der Waals surface area contributed by atoms with E-state index in [1.54, 1.807) is 6.07 Å². The Hall–Kier alpha value is -1.09. The molecule has 0 aliphatic rings. The molecule has 1 unspecified atom stereocenters. The normalized spacial score (nSPS) is 13.6. The molecular weight excluding hydrogens is 207 g/mol. The zero-order chi connectivity index (χ0) is 12.3. The Bertz CT molecular complexity index is 355. The molecule has 1 atom stereocenters. The van der Waals surface area contributed by atoms with Crippen molar-refractivity contribution in [1.82, 2.24) is 0 Å². The molecule has 0 saturated heterocycles. The number of halogens is 1. The molecule has 16 heavy (non-hydrogen) atoms. The van der Waals surface area contributed by atoms with Gasteiger partial charge in [0, 0.05) is 6.07 Å². The van der Waals surface area contributed by atoms with Gasteiger partial charge in [-0.25, -0.2) is 4.39 Å². The molecule has 0 heterocycles. The zero-order valence-corrected chi connectivity index (χ0v) is 10.2. The Kier molecular flexibility index (Phi) is 3.92. The quantitative estimate of drug-likeness (QED) is 0.858. The fourth-order valence-electron chi connectivity index (χ4n) is 1.15. The maximum atomic E-state index is 13.0. The van der Waals surface area contributed by atoms with Crippen LogP contribution in [-0.4, -0.2) is 17.8 Å². The topological polar surface area (TPSA) is 29.5 Å². The number of hydrogen-bond acceptors (Lipinski definition) is 2. The van der Waals surface area contributed by atoms with Crippen molar-refractivity contribution in [2.45, 2.75) is 33.8 Å². The van der Waals surface area contributed by atoms with Crippen LogP contribution in [0.5, 0.6) is 5.75 Å². The van der Waals surface area contributed by atoms with Crippen molar-refractivity contribution in [1.29, 1.82) is 0 Å². The second kappa shape index (κ2) is 4.83. The van der Waals surface area contributed by atoms with Gasteiger partial charge in [0.05, 0.1) is 6.10 Å². The summed E-state index contributed by atoms with van der Waals surface area (Å²) in [5.41, 5.74) is 0.629. The van der Waals surface area contributed by atoms with E-state index in [1.807, 2.05) is 27.7 Å². The SMILES string of the molecule is Cc1ccc(F)cc1OCC(O)C(C)(C)C. The summed E-state index contributed by atoms with van der Waals surface area (Å²) < 4.78 is 18.4. The van der Waals surface area contributed by atoms with Crippen molar-refractivity contribution in [2.24, 2.45) is 5.41 Å². The van der Waals surface area contributed by atoms with Crippen molar-refractivity contribution < 1.29 is 14.2 Å². The van der Waals surface area contributed by atoms with Crippen LogP contribution in [0.25, 0.3) is 0 Å². The summed E-state index contributed by atoms with van der Waals surface area (Å²) in [7, 11) is 0. The third-order valence-corrected chi connectivity index (χ3v) is 2.55. The van der Waals surface area contributed by atoms with Gasteiger partial charge in [0.15, 0.2) is 0 Å². The second-order valence-electron chi connectivity index (χ2n) is 5.10. The van der Waals surface area contributed by atoms with Crippen molar-refractivity contribution in [3.05, 3.63) is 29.6 Å². The van der Waals surface area contributed by atoms with E-state index >= 15 is 0 Å². The lowest BCUT2D eigenvalue weighted by Gasteiger charge is -2.25. The first kappa shape index (κ1) is 13.0. The molecule has 1 N–H and O–H groups in total. The van der Waals surface area contributed by atoms with Gasteiger partial charge < -0.3 is 9.84 Å². The van der Waals surface area contributed by atoms with Gasteiger partial charge in [0.25, 0.3) is 0 Å². The van der Waals surface area contributed by atoms with E-state index < -0.39 is 6.10 Å². The van der Waals surface area contributed by atoms with E-state index in [4.69, 9.17) is 4.74 Å². The average Bonchev–Trinajstić information content (AvgIpc) is 2.17. The van der Waals surface area contributed by atoms with E-state index in [1.165, 1.54) is 12.1 Å². The molecular formula is C13H19FO2. The Balaban J connectivity index is 2.64. The molecule has 90 valence electrons. The molecule has 3 heteroatoms. The zero-order valence-electron chi connectivity index (χ0n) is 10.2. The maximum absolute atomic E-state index is 13.0. The lowest BCUT2D eigenvalue weighted by molar-refractivity contribution is 0.0215. The average molecular weight is 226 g/mol. The first-order valence-electron chi connectivity index (χ1n) is 5.37. The van der Waals surface area contributed by atoms with Crippen LogP contribution >= 0.6 is 0 Å². The highest BCUT2D eigenvalue weighted by atomic mass is 19.1. The number of rotatable bonds is 3. The molecule has 0 aromatic heterocycles. The molecule has 0 aliphatic carbocycles. The van der Waals surface area contributed by atoms with E-state index in [0.717, 1.165) is 5.56 Å². The maximum Gasteiger partial charge on any atom is 0.126 e. The van der Waals surface area contributed by atoms with Crippen LogP contribution in [0.3, 0.4) is 0 Å². The molecule has 1 rings (SSSR count). The fraction of sp³-hybridized carbons (Fsp3) is 0.538. The van der Waals surface area contributed by atoms with Gasteiger partial charge in [-0.1, -0.05) is 26.8 Å². The van der Waals surface area contributed by atoms with Crippen molar-refractivity contribution in [3.8, 4) is 5.75 Å². The lowest BCUT2D eigenvalue weighted by Crippen LogP contribution is -2.32. The van der Waals surface area contributed by atoms with Crippen LogP contribution < -0.4 is 4.74 Å². The van der Waals surface area contributed by atoms with Crippen LogP contribution in [0.15, 0.2) is 18.2 Å². The van der Waals surface area contributed by atoms with Gasteiger partial charge in [-0.05, 0) is 24.0 Å². The molecule has 0 radical (unpaired) electrons. The number of benzene rings is 1. The highest BCUT2D eigenvalue weighted by molar-refractivity contribution is 5.32. The summed E-state index contributed by atoms with van der Waals surface area (Å²) in [4.78, 5) is 0. The molecule has 0 saturated carbocycles. The van der Waals surface area contributed by atoms with Gasteiger partial charge in [0.1, 0.15) is 18.2 Å². The minimum atomic E-state index is -0.574. The minimum Gasteiger partial charge on any atom is -0.490 e. The number of aliphatic hydroxyl groups is 1. The van der Waals surface area contributed by atoms with E-state index in [2.05, 4.69) is 0 Å². The predicted octanol–water partition coefficient (Wildman–Crippen LogP) is 2.92. The molecule has 1 aromatic carbocycles. The van der Waals surface area contributed by atoms with Gasteiger partial charge >= 0.3 is 0 Å². The largest absolute Gasteiger partial charge is 0.490 e. The van der Waals surface area contributed by atoms with Gasteiger partial charge in [-0.15, -0.1) is 0 Å². The molecule has 0 aliphatic heterocycles. The smallest absolute Gasteiger partial charge is 0.126 e. The Morgan fingerprint density at radius 3 is 2.56 bits per heavy atom. The fourth-order valence-corrected chi connectivity index (χ4v) is 1.15. The first-order valence-corrected chi connectivity index (χ1v) is 5.37. The van der Waals surface area contributed by atoms with E-state index in [-0.39, 0.29) is 17.8 Å². The summed E-state index contributed by atoms with van der Waals surface area (Å²) in [6, 6.07) is 4.39. The third kappa shape index (κ3) is 3.49. The Morgan fingerprint density at radius 1 is 1.38 bits per heavy atom. The second-order valence-corrected chi connectivity index (χ2v) is 5.10. The summed E-state index contributed by atoms with van der Waals surface area (Å²) in [6.07, 6.45) is -0.574. The number of hydrogen-bond donors (Lipinski definition) is 1. The van der Waals surface area contributed by atoms with Crippen molar-refractivity contribution in [2.75, 3.05) is 6.61 Å². The Morgan fingerprint density at radius 2 is 2.00 bits per heavy atom. The molecule has 0 bridgehead atoms. The molecule has 0 amide bonds. The van der Waals surface area contributed by atoms with E-state index in [9.17, 15) is 9.50 Å². The molecule has 0 fully saturated rings. The van der Waals surface area contributed by atoms with Gasteiger partial charge in [0.2, 0.25) is 0 Å². The van der Waals surface area contributed by atoms with Crippen molar-refractivity contribution >= 4 is 0 Å². The Labute approximate surface area is 96.1 Å². The molecule has 1 aromatic rings. The summed E-state index contributed by atoms with van der Waals surface area (Å²) in [6.45, 7) is 7.81. The minimum absolute atomic E-state index is 0.174. The highest BCUT2D eigenvalue weighted by Gasteiger charge is 2.22. The lowest BCUT2D eigenvalue weighted by atomic mass is 9.90. The molecule has 0 spiro atoms. The van der Waals surface area contributed by atoms with Crippen LogP contribution in [0.1, 0.15) is 26.3 Å². The monoisotopic (exact) mass is 226 g/mol. The summed E-state index contributed by atoms with van der Waals surface area (Å²) in [5.74, 6) is 0.161. The first-order chi connectivity index (χ1) is 7.30. The van der Waals surface area contributed by atoms with Crippen molar-refractivity contribution in [3.63, 3.8) is 0 Å². The standard InChI is InChI=1S/C13H19FO2/c1-9-5-6-10(14)7-11(9)16-8-12(15)13(2,3)4/h5-7,12,15H,8H2,1-4H3. The summed E-state index contributed by atoms with van der Waals surface area (Å²) in [5, 5.41) is 9.79. The van der Waals surface area contributed by atoms with E-state index in [0.29, 0.717) is 5.75 Å². The van der Waals surface area contributed by atoms with Gasteiger partial charge in [-0.2, -0.15) is 0 Å². The van der Waals surface area contributed by atoms with Gasteiger partial charge in [-0.3, -0.25) is 0 Å². The summed E-state index contributed by atoms with van der Waals surface area (Å²) >= 11 is 0. The third-order valence-electron chi connectivity index (χ3n) is 2.55. The number of aryl methyl sites for hydroxylation is 1. The van der Waals surface area contributed by atoms with Crippen LogP contribution in [0.4, 0.5) is 4.39 Å². The number of ether oxygens (including phenoxy) is 1. The van der Waals surface area contributed by atoms with Crippen LogP contribution in [0, 0.1) is 18.2 Å². The van der Waals surface area contributed by atoms with Crippen LogP contribution in [0.2, 0.25) is 0 Å². The highest BCUT2D eigenvalue weighted by Crippen LogP contribution is 2.22.